The van der Waals surface area contributed by atoms with Crippen LogP contribution in [-0.2, 0) is 0 Å². The van der Waals surface area contributed by atoms with Crippen molar-refractivity contribution in [2.24, 2.45) is 0 Å². The maximum atomic E-state index is 12.3. The van der Waals surface area contributed by atoms with Crippen LogP contribution in [0.4, 0.5) is 0 Å². The number of furan rings is 2. The van der Waals surface area contributed by atoms with Gasteiger partial charge in [-0.05, 0) is 31.2 Å². The second-order valence-electron chi connectivity index (χ2n) is 4.60. The van der Waals surface area contributed by atoms with Crippen LogP contribution >= 0.6 is 0 Å². The molecule has 0 radical (unpaired) electrons. The van der Waals surface area contributed by atoms with E-state index in [1.165, 1.54) is 0 Å². The lowest BCUT2D eigenvalue weighted by atomic mass is 10.1. The molecule has 0 aliphatic carbocycles. The lowest BCUT2D eigenvalue weighted by Crippen LogP contribution is -1.99. The van der Waals surface area contributed by atoms with E-state index >= 15 is 0 Å². The van der Waals surface area contributed by atoms with Gasteiger partial charge < -0.3 is 13.3 Å². The van der Waals surface area contributed by atoms with Crippen LogP contribution in [0, 0.1) is 6.92 Å². The van der Waals surface area contributed by atoms with Gasteiger partial charge in [0.25, 0.3) is 0 Å². The lowest BCUT2D eigenvalue weighted by Gasteiger charge is -1.97. The van der Waals surface area contributed by atoms with Crippen molar-refractivity contribution in [3.63, 3.8) is 0 Å². The SMILES string of the molecule is Cc1oc2c(c1-c1ccco1)c(=O)oc1ccccc12. The van der Waals surface area contributed by atoms with Crippen LogP contribution in [-0.4, -0.2) is 0 Å². The molecule has 3 aromatic heterocycles. The minimum atomic E-state index is -0.415. The molecule has 1 aromatic carbocycles. The van der Waals surface area contributed by atoms with Crippen molar-refractivity contribution in [2.75, 3.05) is 0 Å². The molecule has 0 amide bonds. The van der Waals surface area contributed by atoms with Crippen LogP contribution in [0.2, 0.25) is 0 Å². The molecule has 0 unspecified atom stereocenters. The van der Waals surface area contributed by atoms with Gasteiger partial charge in [0.2, 0.25) is 0 Å². The zero-order valence-electron chi connectivity index (χ0n) is 10.7. The molecule has 20 heavy (non-hydrogen) atoms. The van der Waals surface area contributed by atoms with Crippen molar-refractivity contribution in [1.29, 1.82) is 0 Å². The average molecular weight is 266 g/mol. The molecule has 4 aromatic rings. The summed E-state index contributed by atoms with van der Waals surface area (Å²) in [6.45, 7) is 1.81. The molecule has 0 saturated heterocycles. The molecule has 0 fully saturated rings. The Morgan fingerprint density at radius 2 is 1.85 bits per heavy atom. The lowest BCUT2D eigenvalue weighted by molar-refractivity contribution is 0.557. The highest BCUT2D eigenvalue weighted by Crippen LogP contribution is 2.35. The molecule has 0 aliphatic rings. The average Bonchev–Trinajstić information content (AvgIpc) is 3.05. The maximum Gasteiger partial charge on any atom is 0.348 e. The number of rotatable bonds is 1. The molecule has 3 heterocycles. The number of aryl methyl sites for hydroxylation is 1. The maximum absolute atomic E-state index is 12.3. The van der Waals surface area contributed by atoms with Crippen LogP contribution in [0.5, 0.6) is 0 Å². The Hall–Kier alpha value is -2.75. The first-order valence-electron chi connectivity index (χ1n) is 6.24. The summed E-state index contributed by atoms with van der Waals surface area (Å²) in [5, 5.41) is 1.21. The minimum Gasteiger partial charge on any atom is -0.464 e. The number of fused-ring (bicyclic) bond motifs is 3. The molecule has 4 heteroatoms. The molecule has 4 nitrogen and oxygen atoms in total. The first-order chi connectivity index (χ1) is 9.75. The first kappa shape index (κ1) is 11.1. The molecule has 98 valence electrons. The summed E-state index contributed by atoms with van der Waals surface area (Å²) in [5.74, 6) is 1.24. The summed E-state index contributed by atoms with van der Waals surface area (Å²) < 4.78 is 16.6. The fourth-order valence-corrected chi connectivity index (χ4v) is 2.54. The van der Waals surface area contributed by atoms with Crippen LogP contribution in [0.3, 0.4) is 0 Å². The number of hydrogen-bond acceptors (Lipinski definition) is 4. The molecule has 0 N–H and O–H groups in total. The summed E-state index contributed by atoms with van der Waals surface area (Å²) >= 11 is 0. The highest BCUT2D eigenvalue weighted by Gasteiger charge is 2.21. The second-order valence-corrected chi connectivity index (χ2v) is 4.60. The van der Waals surface area contributed by atoms with E-state index in [1.807, 2.05) is 25.1 Å². The van der Waals surface area contributed by atoms with Crippen molar-refractivity contribution in [1.82, 2.24) is 0 Å². The van der Waals surface area contributed by atoms with Gasteiger partial charge in [-0.15, -0.1) is 0 Å². The monoisotopic (exact) mass is 266 g/mol. The largest absolute Gasteiger partial charge is 0.464 e. The van der Waals surface area contributed by atoms with E-state index in [9.17, 15) is 4.79 Å². The van der Waals surface area contributed by atoms with E-state index in [0.29, 0.717) is 33.6 Å². The summed E-state index contributed by atoms with van der Waals surface area (Å²) in [6, 6.07) is 10.9. The Morgan fingerprint density at radius 1 is 1.00 bits per heavy atom. The topological polar surface area (TPSA) is 56.5 Å². The third-order valence-electron chi connectivity index (χ3n) is 3.39. The highest BCUT2D eigenvalue weighted by molar-refractivity contribution is 6.06. The molecule has 4 rings (SSSR count). The molecule has 0 atom stereocenters. The third-order valence-corrected chi connectivity index (χ3v) is 3.39. The molecule has 0 aliphatic heterocycles. The Bertz CT molecular complexity index is 971. The second kappa shape index (κ2) is 3.87. The Balaban J connectivity index is 2.25. The first-order valence-corrected chi connectivity index (χ1v) is 6.24. The van der Waals surface area contributed by atoms with Crippen LogP contribution in [0.25, 0.3) is 33.3 Å². The van der Waals surface area contributed by atoms with Gasteiger partial charge in [-0.1, -0.05) is 12.1 Å². The third kappa shape index (κ3) is 1.39. The van der Waals surface area contributed by atoms with Gasteiger partial charge in [-0.2, -0.15) is 0 Å². The van der Waals surface area contributed by atoms with Crippen molar-refractivity contribution < 1.29 is 13.3 Å². The highest BCUT2D eigenvalue weighted by atomic mass is 16.4. The molecular formula is C16H10O4. The van der Waals surface area contributed by atoms with E-state index < -0.39 is 5.63 Å². The smallest absolute Gasteiger partial charge is 0.348 e. The van der Waals surface area contributed by atoms with E-state index in [1.54, 1.807) is 24.5 Å². The van der Waals surface area contributed by atoms with Crippen molar-refractivity contribution in [3.05, 3.63) is 58.8 Å². The van der Waals surface area contributed by atoms with Crippen LogP contribution < -0.4 is 5.63 Å². The van der Waals surface area contributed by atoms with Gasteiger partial charge in [0.05, 0.1) is 17.2 Å². The van der Waals surface area contributed by atoms with E-state index in [-0.39, 0.29) is 0 Å². The van der Waals surface area contributed by atoms with Crippen LogP contribution in [0.1, 0.15) is 5.76 Å². The fourth-order valence-electron chi connectivity index (χ4n) is 2.54. The number of benzene rings is 1. The molecule has 0 saturated carbocycles. The van der Waals surface area contributed by atoms with E-state index in [4.69, 9.17) is 13.3 Å². The summed E-state index contributed by atoms with van der Waals surface area (Å²) in [6.07, 6.45) is 1.57. The van der Waals surface area contributed by atoms with E-state index in [2.05, 4.69) is 0 Å². The van der Waals surface area contributed by atoms with Crippen LogP contribution in [0.15, 0.2) is 60.7 Å². The normalized spacial score (nSPS) is 11.4. The van der Waals surface area contributed by atoms with Crippen molar-refractivity contribution in [3.8, 4) is 11.3 Å². The zero-order valence-corrected chi connectivity index (χ0v) is 10.7. The predicted octanol–water partition coefficient (Wildman–Crippen LogP) is 4.11. The quantitative estimate of drug-likeness (QED) is 0.486. The summed E-state index contributed by atoms with van der Waals surface area (Å²) in [4.78, 5) is 12.3. The van der Waals surface area contributed by atoms with Gasteiger partial charge in [0.1, 0.15) is 22.5 Å². The Morgan fingerprint density at radius 3 is 2.65 bits per heavy atom. The number of hydrogen-bond donors (Lipinski definition) is 0. The number of para-hydroxylation sites is 1. The summed E-state index contributed by atoms with van der Waals surface area (Å²) in [7, 11) is 0. The molecule has 0 bridgehead atoms. The Labute approximate surface area is 113 Å². The van der Waals surface area contributed by atoms with Gasteiger partial charge in [-0.25, -0.2) is 4.79 Å². The zero-order chi connectivity index (χ0) is 13.7. The molecule has 0 spiro atoms. The van der Waals surface area contributed by atoms with Gasteiger partial charge in [0, 0.05) is 0 Å². The minimum absolute atomic E-state index is 0.415. The molecular weight excluding hydrogens is 256 g/mol. The van der Waals surface area contributed by atoms with Gasteiger partial charge >= 0.3 is 5.63 Å². The predicted molar refractivity (Wildman–Crippen MR) is 74.7 cm³/mol. The van der Waals surface area contributed by atoms with Gasteiger partial charge in [0.15, 0.2) is 5.58 Å². The van der Waals surface area contributed by atoms with Crippen molar-refractivity contribution in [2.45, 2.75) is 6.92 Å². The fraction of sp³-hybridized carbons (Fsp3) is 0.0625. The van der Waals surface area contributed by atoms with Crippen molar-refractivity contribution >= 4 is 21.9 Å². The Kier molecular flexibility index (Phi) is 2.15. The summed E-state index contributed by atoms with van der Waals surface area (Å²) in [5.41, 5.74) is 1.30. The van der Waals surface area contributed by atoms with Gasteiger partial charge in [-0.3, -0.25) is 0 Å². The standard InChI is InChI=1S/C16H10O4/c1-9-13(12-7-4-8-18-12)14-15(19-9)10-5-2-3-6-11(10)20-16(14)17/h2-8H,1H3. The van der Waals surface area contributed by atoms with E-state index in [0.717, 1.165) is 5.39 Å².